The number of amides is 1. The van der Waals surface area contributed by atoms with Gasteiger partial charge in [-0.05, 0) is 42.5 Å². The van der Waals surface area contributed by atoms with Crippen LogP contribution in [0.3, 0.4) is 0 Å². The molecule has 2 aromatic rings. The average molecular weight is 289 g/mol. The van der Waals surface area contributed by atoms with E-state index in [0.717, 1.165) is 11.3 Å². The summed E-state index contributed by atoms with van der Waals surface area (Å²) in [6.45, 7) is 4.75. The van der Waals surface area contributed by atoms with Gasteiger partial charge in [-0.2, -0.15) is 0 Å². The maximum atomic E-state index is 12.1. The molecule has 0 atom stereocenters. The van der Waals surface area contributed by atoms with Crippen molar-refractivity contribution >= 4 is 17.2 Å². The highest BCUT2D eigenvalue weighted by Gasteiger charge is 2.12. The van der Waals surface area contributed by atoms with E-state index in [1.54, 1.807) is 16.2 Å². The topological polar surface area (TPSA) is 29.5 Å². The summed E-state index contributed by atoms with van der Waals surface area (Å²) in [6.07, 6.45) is 0. The zero-order valence-corrected chi connectivity index (χ0v) is 12.9. The number of hydrogen-bond donors (Lipinski definition) is 0. The van der Waals surface area contributed by atoms with Gasteiger partial charge in [-0.15, -0.1) is 11.3 Å². The molecule has 1 amide bonds. The highest BCUT2D eigenvalue weighted by Crippen LogP contribution is 2.18. The Balaban J connectivity index is 1.89. The first-order valence-electron chi connectivity index (χ1n) is 6.53. The summed E-state index contributed by atoms with van der Waals surface area (Å²) in [5, 5.41) is 2.05. The lowest BCUT2D eigenvalue weighted by Gasteiger charge is -2.17. The molecule has 106 valence electrons. The zero-order chi connectivity index (χ0) is 14.5. The molecule has 1 aromatic heterocycles. The second-order valence-corrected chi connectivity index (χ2v) is 5.83. The van der Waals surface area contributed by atoms with E-state index in [2.05, 4.69) is 13.0 Å². The van der Waals surface area contributed by atoms with E-state index in [1.165, 1.54) is 10.4 Å². The molecule has 4 heteroatoms. The van der Waals surface area contributed by atoms with E-state index in [9.17, 15) is 4.79 Å². The zero-order valence-electron chi connectivity index (χ0n) is 12.1. The summed E-state index contributed by atoms with van der Waals surface area (Å²) in [5.41, 5.74) is 2.27. The lowest BCUT2D eigenvalue weighted by atomic mass is 10.2. The third-order valence-electron chi connectivity index (χ3n) is 3.22. The molecular weight excluding hydrogens is 270 g/mol. The van der Waals surface area contributed by atoms with Crippen LogP contribution in [0, 0.1) is 13.8 Å². The van der Waals surface area contributed by atoms with Crippen molar-refractivity contribution in [1.82, 2.24) is 4.90 Å². The Kier molecular flexibility index (Phi) is 4.79. The maximum absolute atomic E-state index is 12.1. The summed E-state index contributed by atoms with van der Waals surface area (Å²) in [4.78, 5) is 15.0. The molecular formula is C16H19NO2S. The van der Waals surface area contributed by atoms with E-state index >= 15 is 0 Å². The summed E-state index contributed by atoms with van der Waals surface area (Å²) in [5.74, 6) is 0.752. The molecule has 0 spiro atoms. The van der Waals surface area contributed by atoms with E-state index in [1.807, 2.05) is 43.6 Å². The van der Waals surface area contributed by atoms with Crippen molar-refractivity contribution in [3.63, 3.8) is 0 Å². The molecule has 2 rings (SSSR count). The molecule has 1 heterocycles. The van der Waals surface area contributed by atoms with Crippen LogP contribution in [0.2, 0.25) is 0 Å². The minimum absolute atomic E-state index is 0.0129. The van der Waals surface area contributed by atoms with E-state index < -0.39 is 0 Å². The molecule has 0 bridgehead atoms. The summed E-state index contributed by atoms with van der Waals surface area (Å²) in [6, 6.07) is 9.79. The number of hydrogen-bond acceptors (Lipinski definition) is 3. The molecule has 3 nitrogen and oxygen atoms in total. The predicted octanol–water partition coefficient (Wildman–Crippen LogP) is 3.40. The number of ether oxygens (including phenoxy) is 1. The van der Waals surface area contributed by atoms with Gasteiger partial charge in [0.25, 0.3) is 5.91 Å². The average Bonchev–Trinajstić information content (AvgIpc) is 2.83. The lowest BCUT2D eigenvalue weighted by molar-refractivity contribution is -0.132. The number of nitrogens with zero attached hydrogens (tertiary/aromatic N) is 1. The van der Waals surface area contributed by atoms with Gasteiger partial charge >= 0.3 is 0 Å². The maximum Gasteiger partial charge on any atom is 0.260 e. The van der Waals surface area contributed by atoms with Gasteiger partial charge in [-0.25, -0.2) is 0 Å². The van der Waals surface area contributed by atoms with Crippen molar-refractivity contribution in [2.75, 3.05) is 13.7 Å². The minimum Gasteiger partial charge on any atom is -0.484 e. The first-order valence-corrected chi connectivity index (χ1v) is 7.41. The quantitative estimate of drug-likeness (QED) is 0.844. The molecule has 0 saturated heterocycles. The molecule has 0 aliphatic heterocycles. The molecule has 0 unspecified atom stereocenters. The van der Waals surface area contributed by atoms with E-state index in [-0.39, 0.29) is 12.5 Å². The number of carbonyl (C=O) groups is 1. The van der Waals surface area contributed by atoms with Crippen LogP contribution >= 0.6 is 11.3 Å². The minimum atomic E-state index is -0.0129. The highest BCUT2D eigenvalue weighted by atomic mass is 32.1. The Morgan fingerprint density at radius 1 is 1.20 bits per heavy atom. The molecule has 0 radical (unpaired) electrons. The van der Waals surface area contributed by atoms with Gasteiger partial charge < -0.3 is 9.64 Å². The van der Waals surface area contributed by atoms with E-state index in [0.29, 0.717) is 6.54 Å². The summed E-state index contributed by atoms with van der Waals surface area (Å²) < 4.78 is 5.58. The van der Waals surface area contributed by atoms with Gasteiger partial charge in [0.15, 0.2) is 6.61 Å². The summed E-state index contributed by atoms with van der Waals surface area (Å²) >= 11 is 1.68. The second kappa shape index (κ2) is 6.57. The summed E-state index contributed by atoms with van der Waals surface area (Å²) in [7, 11) is 1.81. The highest BCUT2D eigenvalue weighted by molar-refractivity contribution is 7.10. The van der Waals surface area contributed by atoms with Crippen molar-refractivity contribution in [2.24, 2.45) is 0 Å². The fourth-order valence-electron chi connectivity index (χ4n) is 1.84. The molecule has 0 fully saturated rings. The van der Waals surface area contributed by atoms with Crippen molar-refractivity contribution < 1.29 is 9.53 Å². The Morgan fingerprint density at radius 3 is 2.60 bits per heavy atom. The number of carbonyl (C=O) groups excluding carboxylic acids is 1. The lowest BCUT2D eigenvalue weighted by Crippen LogP contribution is -2.30. The predicted molar refractivity (Wildman–Crippen MR) is 82.2 cm³/mol. The SMILES string of the molecule is Cc1ccccc1OCC(=O)N(C)Cc1sccc1C. The van der Waals surface area contributed by atoms with Crippen LogP contribution in [0.4, 0.5) is 0 Å². The molecule has 0 aliphatic carbocycles. The standard InChI is InChI=1S/C16H19NO2S/c1-12-6-4-5-7-14(12)19-11-16(18)17(3)10-15-13(2)8-9-20-15/h4-9H,10-11H2,1-3H3. The van der Waals surface area contributed by atoms with Crippen molar-refractivity contribution in [2.45, 2.75) is 20.4 Å². The molecule has 0 saturated carbocycles. The van der Waals surface area contributed by atoms with Crippen molar-refractivity contribution in [3.8, 4) is 5.75 Å². The van der Waals surface area contributed by atoms with Gasteiger partial charge in [0.05, 0.1) is 6.54 Å². The first-order chi connectivity index (χ1) is 9.58. The van der Waals surface area contributed by atoms with Crippen molar-refractivity contribution in [1.29, 1.82) is 0 Å². The number of aryl methyl sites for hydroxylation is 2. The third kappa shape index (κ3) is 3.61. The fourth-order valence-corrected chi connectivity index (χ4v) is 2.80. The molecule has 20 heavy (non-hydrogen) atoms. The van der Waals surface area contributed by atoms with Gasteiger partial charge in [-0.1, -0.05) is 18.2 Å². The number of para-hydroxylation sites is 1. The van der Waals surface area contributed by atoms with Crippen molar-refractivity contribution in [3.05, 3.63) is 51.7 Å². The molecule has 1 aromatic carbocycles. The number of thiophene rings is 1. The van der Waals surface area contributed by atoms with E-state index in [4.69, 9.17) is 4.74 Å². The largest absolute Gasteiger partial charge is 0.484 e. The molecule has 0 aliphatic rings. The van der Waals surface area contributed by atoms with Crippen LogP contribution in [0.15, 0.2) is 35.7 Å². The van der Waals surface area contributed by atoms with Gasteiger partial charge in [-0.3, -0.25) is 4.79 Å². The Labute approximate surface area is 123 Å². The van der Waals surface area contributed by atoms with Crippen LogP contribution in [-0.2, 0) is 11.3 Å². The smallest absolute Gasteiger partial charge is 0.260 e. The van der Waals surface area contributed by atoms with Crippen LogP contribution in [-0.4, -0.2) is 24.5 Å². The number of likely N-dealkylation sites (N-methyl/N-ethyl adjacent to an activating group) is 1. The Bertz CT molecular complexity index is 592. The van der Waals surface area contributed by atoms with Crippen LogP contribution in [0.25, 0.3) is 0 Å². The number of rotatable bonds is 5. The van der Waals surface area contributed by atoms with Gasteiger partial charge in [0, 0.05) is 11.9 Å². The van der Waals surface area contributed by atoms with Crippen LogP contribution in [0.5, 0.6) is 5.75 Å². The third-order valence-corrected chi connectivity index (χ3v) is 4.23. The Morgan fingerprint density at radius 2 is 1.95 bits per heavy atom. The second-order valence-electron chi connectivity index (χ2n) is 4.83. The molecule has 0 N–H and O–H groups in total. The Hall–Kier alpha value is -1.81. The normalized spacial score (nSPS) is 10.3. The fraction of sp³-hybridized carbons (Fsp3) is 0.312. The first kappa shape index (κ1) is 14.6. The van der Waals surface area contributed by atoms with Crippen LogP contribution in [0.1, 0.15) is 16.0 Å². The monoisotopic (exact) mass is 289 g/mol. The number of benzene rings is 1. The van der Waals surface area contributed by atoms with Gasteiger partial charge in [0.2, 0.25) is 0 Å². The van der Waals surface area contributed by atoms with Gasteiger partial charge in [0.1, 0.15) is 5.75 Å². The van der Waals surface area contributed by atoms with Crippen LogP contribution < -0.4 is 4.74 Å².